The van der Waals surface area contributed by atoms with E-state index in [1.807, 2.05) is 37.3 Å². The van der Waals surface area contributed by atoms with Gasteiger partial charge in [0.15, 0.2) is 0 Å². The molecule has 1 spiro atoms. The highest BCUT2D eigenvalue weighted by molar-refractivity contribution is 5.98. The zero-order valence-electron chi connectivity index (χ0n) is 28.4. The van der Waals surface area contributed by atoms with Crippen LogP contribution in [0.5, 0.6) is 0 Å². The van der Waals surface area contributed by atoms with Crippen molar-refractivity contribution in [3.8, 4) is 0 Å². The molecule has 3 aliphatic rings. The predicted molar refractivity (Wildman–Crippen MR) is 179 cm³/mol. The number of rotatable bonds is 19. The number of aliphatic hydroxyl groups excluding tert-OH is 1. The molecule has 10 nitrogen and oxygen atoms in total. The fourth-order valence-corrected chi connectivity index (χ4v) is 7.60. The predicted octanol–water partition coefficient (Wildman–Crippen LogP) is 4.44. The maximum Gasteiger partial charge on any atom is 0.313 e. The van der Waals surface area contributed by atoms with Gasteiger partial charge in [0.2, 0.25) is 17.7 Å². The molecule has 1 aromatic rings. The Hall–Kier alpha value is -3.50. The number of amides is 3. The summed E-state index contributed by atoms with van der Waals surface area (Å²) in [5.74, 6) is -2.81. The molecule has 3 fully saturated rings. The minimum absolute atomic E-state index is 0.0573. The molecule has 47 heavy (non-hydrogen) atoms. The fraction of sp³-hybridized carbons (Fsp3) is 0.622. The normalized spacial score (nSPS) is 25.6. The Morgan fingerprint density at radius 3 is 2.55 bits per heavy atom. The first-order chi connectivity index (χ1) is 22.7. The average molecular weight is 652 g/mol. The molecule has 4 rings (SSSR count). The van der Waals surface area contributed by atoms with Crippen LogP contribution in [0.4, 0.5) is 0 Å². The van der Waals surface area contributed by atoms with Crippen molar-refractivity contribution in [1.82, 2.24) is 14.7 Å². The summed E-state index contributed by atoms with van der Waals surface area (Å²) in [6.07, 6.45) is 7.58. The first kappa shape index (κ1) is 36.3. The van der Waals surface area contributed by atoms with E-state index in [4.69, 9.17) is 9.47 Å². The first-order valence-electron chi connectivity index (χ1n) is 17.3. The molecule has 2 bridgehead atoms. The van der Waals surface area contributed by atoms with Crippen molar-refractivity contribution in [1.29, 1.82) is 0 Å². The summed E-state index contributed by atoms with van der Waals surface area (Å²) in [5.41, 5.74) is -0.390. The molecule has 0 aliphatic carbocycles. The van der Waals surface area contributed by atoms with Crippen LogP contribution in [0.1, 0.15) is 83.3 Å². The lowest BCUT2D eigenvalue weighted by Crippen LogP contribution is -2.56. The van der Waals surface area contributed by atoms with Crippen LogP contribution in [-0.4, -0.2) is 101 Å². The van der Waals surface area contributed by atoms with Crippen LogP contribution < -0.4 is 0 Å². The van der Waals surface area contributed by atoms with Crippen LogP contribution in [0, 0.1) is 11.8 Å². The lowest BCUT2D eigenvalue weighted by atomic mass is 9.70. The summed E-state index contributed by atoms with van der Waals surface area (Å²) in [6, 6.07) is 7.97. The van der Waals surface area contributed by atoms with Crippen LogP contribution in [0.3, 0.4) is 0 Å². The first-order valence-corrected chi connectivity index (χ1v) is 17.3. The molecule has 7 atom stereocenters. The molecule has 1 aromatic carbocycles. The smallest absolute Gasteiger partial charge is 0.313 e. The quantitative estimate of drug-likeness (QED) is 0.134. The van der Waals surface area contributed by atoms with Gasteiger partial charge in [-0.15, -0.1) is 13.2 Å². The molecular weight excluding hydrogens is 598 g/mol. The van der Waals surface area contributed by atoms with E-state index in [0.717, 1.165) is 18.4 Å². The summed E-state index contributed by atoms with van der Waals surface area (Å²) in [6.45, 7) is 12.8. The highest BCUT2D eigenvalue weighted by Gasteiger charge is 2.75. The minimum atomic E-state index is -1.13. The highest BCUT2D eigenvalue weighted by atomic mass is 16.6. The maximum absolute atomic E-state index is 14.4. The minimum Gasteiger partial charge on any atom is -0.455 e. The number of carbonyl (C=O) groups is 4. The largest absolute Gasteiger partial charge is 0.455 e. The Morgan fingerprint density at radius 2 is 1.89 bits per heavy atom. The zero-order valence-corrected chi connectivity index (χ0v) is 28.4. The highest BCUT2D eigenvalue weighted by Crippen LogP contribution is 2.59. The van der Waals surface area contributed by atoms with Gasteiger partial charge < -0.3 is 29.3 Å². The molecule has 0 radical (unpaired) electrons. The molecule has 3 heterocycles. The van der Waals surface area contributed by atoms with Gasteiger partial charge in [-0.2, -0.15) is 0 Å². The number of aliphatic hydroxyl groups is 1. The van der Waals surface area contributed by atoms with E-state index in [2.05, 4.69) is 20.1 Å². The summed E-state index contributed by atoms with van der Waals surface area (Å²) < 4.78 is 12.9. The monoisotopic (exact) mass is 651 g/mol. The second kappa shape index (κ2) is 16.6. The number of ether oxygens (including phenoxy) is 2. The number of hydrogen-bond donors (Lipinski definition) is 1. The third-order valence-electron chi connectivity index (χ3n) is 10.2. The summed E-state index contributed by atoms with van der Waals surface area (Å²) in [5, 5.41) is 9.32. The Kier molecular flexibility index (Phi) is 12.8. The Balaban J connectivity index is 1.65. The number of nitrogens with zero attached hydrogens (tertiary/aromatic N) is 3. The van der Waals surface area contributed by atoms with Crippen LogP contribution in [0.2, 0.25) is 0 Å². The van der Waals surface area contributed by atoms with Crippen molar-refractivity contribution in [2.75, 3.05) is 33.3 Å². The molecule has 258 valence electrons. The number of likely N-dealkylation sites (tertiary alicyclic amines) is 1. The van der Waals surface area contributed by atoms with Gasteiger partial charge in [-0.05, 0) is 57.4 Å². The Morgan fingerprint density at radius 1 is 1.15 bits per heavy atom. The number of allylic oxidation sites excluding steroid dienone is 1. The van der Waals surface area contributed by atoms with Gasteiger partial charge >= 0.3 is 5.97 Å². The van der Waals surface area contributed by atoms with Gasteiger partial charge in [0, 0.05) is 39.7 Å². The SMILES string of the molecule is C=CCCC(=O)N(C)[C@H](C)[C@H](OC(=O)[C@@H]1[C@@H]2CC[C@]3(O2)[C@H](C(=O)N(CC=C)CCCC)N(CCCCCO)C(=O)[C@@H]13)c1ccccc1. The number of benzene rings is 1. The number of carbonyl (C=O) groups excluding carboxylic acids is 4. The van der Waals surface area contributed by atoms with Crippen molar-refractivity contribution < 1.29 is 33.8 Å². The number of esters is 1. The lowest BCUT2D eigenvalue weighted by Gasteiger charge is -2.37. The van der Waals surface area contributed by atoms with Crippen molar-refractivity contribution >= 4 is 23.7 Å². The molecule has 0 saturated carbocycles. The van der Waals surface area contributed by atoms with Crippen LogP contribution >= 0.6 is 0 Å². The molecule has 1 N–H and O–H groups in total. The van der Waals surface area contributed by atoms with Gasteiger partial charge in [-0.25, -0.2) is 0 Å². The standard InChI is InChI=1S/C37H53N3O7/c1-6-9-19-29(42)38(5)26(4)32(27-17-13-11-14-18-27)46-36(45)30-28-20-21-37(47-28)31(30)34(43)40(24-15-12-16-25-41)33(37)35(44)39(22-8-3)23-10-7-2/h6,8,11,13-14,17-18,26,28,30-33,41H,1,3,7,9-10,12,15-16,19-25H2,2,4-5H3/t26-,28+,30-,31-,32+,33+,37-/m1/s1. The third kappa shape index (κ3) is 7.49. The molecule has 3 aliphatic heterocycles. The molecule has 10 heteroatoms. The van der Waals surface area contributed by atoms with Gasteiger partial charge in [-0.1, -0.05) is 55.8 Å². The van der Waals surface area contributed by atoms with E-state index in [1.165, 1.54) is 0 Å². The van der Waals surface area contributed by atoms with Gasteiger partial charge in [0.05, 0.1) is 24.0 Å². The second-order valence-electron chi connectivity index (χ2n) is 13.1. The number of fused-ring (bicyclic) bond motifs is 1. The third-order valence-corrected chi connectivity index (χ3v) is 10.2. The van der Waals surface area contributed by atoms with E-state index in [-0.39, 0.29) is 24.3 Å². The topological polar surface area (TPSA) is 117 Å². The van der Waals surface area contributed by atoms with Crippen LogP contribution in [-0.2, 0) is 28.7 Å². The van der Waals surface area contributed by atoms with Crippen LogP contribution in [0.25, 0.3) is 0 Å². The van der Waals surface area contributed by atoms with Crippen LogP contribution in [0.15, 0.2) is 55.6 Å². The van der Waals surface area contributed by atoms with E-state index in [0.29, 0.717) is 64.6 Å². The molecule has 0 aromatic heterocycles. The Bertz CT molecular complexity index is 1270. The Labute approximate surface area is 279 Å². The molecule has 3 amide bonds. The summed E-state index contributed by atoms with van der Waals surface area (Å²) in [4.78, 5) is 61.0. The fourth-order valence-electron chi connectivity index (χ4n) is 7.60. The average Bonchev–Trinajstić information content (AvgIpc) is 3.73. The van der Waals surface area contributed by atoms with Crippen molar-refractivity contribution in [2.45, 2.75) is 102 Å². The molecule has 0 unspecified atom stereocenters. The van der Waals surface area contributed by atoms with E-state index >= 15 is 0 Å². The molecule has 3 saturated heterocycles. The van der Waals surface area contributed by atoms with E-state index in [1.54, 1.807) is 33.9 Å². The van der Waals surface area contributed by atoms with Crippen molar-refractivity contribution in [2.24, 2.45) is 11.8 Å². The lowest BCUT2D eigenvalue weighted by molar-refractivity contribution is -0.164. The van der Waals surface area contributed by atoms with Crippen molar-refractivity contribution in [3.63, 3.8) is 0 Å². The van der Waals surface area contributed by atoms with Gasteiger partial charge in [0.25, 0.3) is 0 Å². The van der Waals surface area contributed by atoms with E-state index in [9.17, 15) is 24.3 Å². The van der Waals surface area contributed by atoms with Gasteiger partial charge in [-0.3, -0.25) is 19.2 Å². The van der Waals surface area contributed by atoms with Crippen molar-refractivity contribution in [3.05, 3.63) is 61.2 Å². The summed E-state index contributed by atoms with van der Waals surface area (Å²) in [7, 11) is 1.70. The second-order valence-corrected chi connectivity index (χ2v) is 13.1. The van der Waals surface area contributed by atoms with Gasteiger partial charge in [0.1, 0.15) is 17.7 Å². The number of hydrogen-bond acceptors (Lipinski definition) is 7. The number of likely N-dealkylation sites (N-methyl/N-ethyl adjacent to an activating group) is 1. The molecular formula is C37H53N3O7. The zero-order chi connectivity index (χ0) is 34.1. The number of unbranched alkanes of at least 4 members (excludes halogenated alkanes) is 3. The summed E-state index contributed by atoms with van der Waals surface area (Å²) >= 11 is 0. The maximum atomic E-state index is 14.4. The van der Waals surface area contributed by atoms with E-state index < -0.39 is 47.7 Å².